The minimum absolute atomic E-state index is 0.0604. The number of hydrogen-bond acceptors (Lipinski definition) is 8. The number of hydrogen-bond donors (Lipinski definition) is 0. The number of nitrogens with zero attached hydrogens (tertiary/aromatic N) is 3. The zero-order chi connectivity index (χ0) is 21.2. The molecule has 2 heterocycles. The van der Waals surface area contributed by atoms with Crippen molar-refractivity contribution in [2.75, 3.05) is 12.9 Å². The topological polar surface area (TPSA) is 112 Å². The molecule has 0 aliphatic rings. The van der Waals surface area contributed by atoms with Crippen LogP contribution in [0.25, 0.3) is 11.4 Å². The molecule has 0 saturated carbocycles. The number of aromatic nitrogens is 3. The Morgan fingerprint density at radius 1 is 1.14 bits per heavy atom. The lowest BCUT2D eigenvalue weighted by Crippen LogP contribution is -2.17. The standard InChI is InChI=1S/C17H12F3N3O5S/c1-27-11-3-5-12(6-4-11)29(25,26)9-14(24)13-7-2-10(8-21-13)15-22-16(28-23-15)17(18,19)20/h2-8H,9H2,1H3. The highest BCUT2D eigenvalue weighted by Crippen LogP contribution is 2.29. The highest BCUT2D eigenvalue weighted by Gasteiger charge is 2.38. The first kappa shape index (κ1) is 20.5. The molecule has 0 N–H and O–H groups in total. The van der Waals surface area contributed by atoms with Crippen molar-refractivity contribution in [2.24, 2.45) is 0 Å². The van der Waals surface area contributed by atoms with Crippen molar-refractivity contribution in [3.8, 4) is 17.1 Å². The number of carbonyl (C=O) groups is 1. The average Bonchev–Trinajstić information content (AvgIpc) is 3.18. The van der Waals surface area contributed by atoms with E-state index >= 15 is 0 Å². The number of sulfone groups is 1. The smallest absolute Gasteiger partial charge is 0.471 e. The summed E-state index contributed by atoms with van der Waals surface area (Å²) in [6.07, 6.45) is -3.73. The number of carbonyl (C=O) groups excluding carboxylic acids is 1. The molecule has 0 saturated heterocycles. The van der Waals surface area contributed by atoms with E-state index in [0.29, 0.717) is 5.75 Å². The molecule has 0 fully saturated rings. The number of alkyl halides is 3. The molecule has 1 aromatic carbocycles. The summed E-state index contributed by atoms with van der Waals surface area (Å²) in [6.45, 7) is 0. The van der Waals surface area contributed by atoms with Crippen molar-refractivity contribution in [3.05, 3.63) is 54.2 Å². The largest absolute Gasteiger partial charge is 0.497 e. The number of benzene rings is 1. The zero-order valence-electron chi connectivity index (χ0n) is 14.7. The summed E-state index contributed by atoms with van der Waals surface area (Å²) in [5, 5.41) is 3.20. The Morgan fingerprint density at radius 2 is 1.83 bits per heavy atom. The lowest BCUT2D eigenvalue weighted by Gasteiger charge is -2.05. The minimum Gasteiger partial charge on any atom is -0.497 e. The highest BCUT2D eigenvalue weighted by molar-refractivity contribution is 7.92. The van der Waals surface area contributed by atoms with E-state index in [1.807, 2.05) is 0 Å². The Morgan fingerprint density at radius 3 is 2.34 bits per heavy atom. The number of ketones is 1. The predicted octanol–water partition coefficient (Wildman–Crippen LogP) is 2.82. The molecular formula is C17H12F3N3O5S. The van der Waals surface area contributed by atoms with Gasteiger partial charge in [-0.25, -0.2) is 8.42 Å². The first-order chi connectivity index (χ1) is 13.6. The number of Topliss-reactive ketones (excluding diaryl/α,β-unsaturated/α-hetero) is 1. The molecule has 0 aliphatic heterocycles. The van der Waals surface area contributed by atoms with E-state index in [9.17, 15) is 26.4 Å². The molecule has 152 valence electrons. The molecule has 2 aromatic heterocycles. The SMILES string of the molecule is COc1ccc(S(=O)(=O)CC(=O)c2ccc(-c3noc(C(F)(F)F)n3)cn2)cc1. The predicted molar refractivity (Wildman–Crippen MR) is 91.9 cm³/mol. The Labute approximate surface area is 162 Å². The van der Waals surface area contributed by atoms with Crippen LogP contribution in [0.15, 0.2) is 52.0 Å². The zero-order valence-corrected chi connectivity index (χ0v) is 15.5. The van der Waals surface area contributed by atoms with Crippen LogP contribution in [0.3, 0.4) is 0 Å². The van der Waals surface area contributed by atoms with E-state index < -0.39 is 33.4 Å². The van der Waals surface area contributed by atoms with E-state index in [2.05, 4.69) is 19.6 Å². The van der Waals surface area contributed by atoms with Gasteiger partial charge in [0.15, 0.2) is 15.6 Å². The monoisotopic (exact) mass is 427 g/mol. The molecule has 0 unspecified atom stereocenters. The molecule has 29 heavy (non-hydrogen) atoms. The van der Waals surface area contributed by atoms with Gasteiger partial charge < -0.3 is 9.26 Å². The third-order valence-electron chi connectivity index (χ3n) is 3.72. The van der Waals surface area contributed by atoms with Crippen LogP contribution in [0.1, 0.15) is 16.4 Å². The molecule has 0 bridgehead atoms. The summed E-state index contributed by atoms with van der Waals surface area (Å²) >= 11 is 0. The summed E-state index contributed by atoms with van der Waals surface area (Å²) in [4.78, 5) is 19.2. The second kappa shape index (κ2) is 7.62. The normalized spacial score (nSPS) is 12.0. The van der Waals surface area contributed by atoms with Gasteiger partial charge in [0, 0.05) is 11.8 Å². The van der Waals surface area contributed by atoms with E-state index in [1.165, 1.54) is 43.5 Å². The van der Waals surface area contributed by atoms with Gasteiger partial charge in [-0.1, -0.05) is 5.16 Å². The molecule has 0 radical (unpaired) electrons. The van der Waals surface area contributed by atoms with Crippen LogP contribution in [0.2, 0.25) is 0 Å². The fourth-order valence-electron chi connectivity index (χ4n) is 2.26. The third-order valence-corrected chi connectivity index (χ3v) is 5.35. The first-order valence-electron chi connectivity index (χ1n) is 7.87. The molecular weight excluding hydrogens is 415 g/mol. The van der Waals surface area contributed by atoms with Crippen LogP contribution in [0.5, 0.6) is 5.75 Å². The van der Waals surface area contributed by atoms with Crippen molar-refractivity contribution in [2.45, 2.75) is 11.1 Å². The molecule has 0 spiro atoms. The van der Waals surface area contributed by atoms with Crippen molar-refractivity contribution in [1.29, 1.82) is 0 Å². The van der Waals surface area contributed by atoms with Crippen LogP contribution in [0, 0.1) is 0 Å². The van der Waals surface area contributed by atoms with Gasteiger partial charge in [-0.15, -0.1) is 0 Å². The Hall–Kier alpha value is -3.28. The van der Waals surface area contributed by atoms with Crippen LogP contribution in [-0.2, 0) is 16.0 Å². The fraction of sp³-hybridized carbons (Fsp3) is 0.176. The molecule has 0 amide bonds. The van der Waals surface area contributed by atoms with Crippen LogP contribution in [-0.4, -0.2) is 42.2 Å². The van der Waals surface area contributed by atoms with Gasteiger partial charge in [-0.2, -0.15) is 18.2 Å². The van der Waals surface area contributed by atoms with Crippen LogP contribution >= 0.6 is 0 Å². The number of pyridine rings is 1. The molecule has 0 aliphatic carbocycles. The summed E-state index contributed by atoms with van der Waals surface area (Å²) in [7, 11) is -2.49. The van der Waals surface area contributed by atoms with Gasteiger partial charge in [-0.3, -0.25) is 9.78 Å². The quantitative estimate of drug-likeness (QED) is 0.552. The van der Waals surface area contributed by atoms with Crippen molar-refractivity contribution >= 4 is 15.6 Å². The lowest BCUT2D eigenvalue weighted by molar-refractivity contribution is -0.159. The molecule has 12 heteroatoms. The van der Waals surface area contributed by atoms with E-state index in [0.717, 1.165) is 6.20 Å². The van der Waals surface area contributed by atoms with Gasteiger partial charge in [0.2, 0.25) is 5.82 Å². The van der Waals surface area contributed by atoms with Gasteiger partial charge in [0.25, 0.3) is 0 Å². The Kier molecular flexibility index (Phi) is 5.38. The second-order valence-corrected chi connectivity index (χ2v) is 7.70. The molecule has 8 nitrogen and oxygen atoms in total. The average molecular weight is 427 g/mol. The van der Waals surface area contributed by atoms with Gasteiger partial charge in [0.1, 0.15) is 17.2 Å². The summed E-state index contributed by atoms with van der Waals surface area (Å²) in [5.41, 5.74) is -0.107. The fourth-order valence-corrected chi connectivity index (χ4v) is 3.47. The Balaban J connectivity index is 1.75. The second-order valence-electron chi connectivity index (χ2n) is 5.71. The van der Waals surface area contributed by atoms with E-state index in [1.54, 1.807) is 0 Å². The molecule has 3 aromatic rings. The Bertz CT molecular complexity index is 1120. The van der Waals surface area contributed by atoms with Crippen molar-refractivity contribution < 1.29 is 35.6 Å². The van der Waals surface area contributed by atoms with Crippen molar-refractivity contribution in [3.63, 3.8) is 0 Å². The lowest BCUT2D eigenvalue weighted by atomic mass is 10.2. The number of halogens is 3. The van der Waals surface area contributed by atoms with Crippen molar-refractivity contribution in [1.82, 2.24) is 15.1 Å². The number of rotatable bonds is 6. The minimum atomic E-state index is -4.79. The maximum atomic E-state index is 12.5. The van der Waals surface area contributed by atoms with E-state index in [4.69, 9.17) is 4.74 Å². The maximum Gasteiger partial charge on any atom is 0.471 e. The van der Waals surface area contributed by atoms with E-state index in [-0.39, 0.29) is 22.0 Å². The van der Waals surface area contributed by atoms with Crippen LogP contribution < -0.4 is 4.74 Å². The first-order valence-corrected chi connectivity index (χ1v) is 9.53. The van der Waals surface area contributed by atoms with Gasteiger partial charge in [-0.05, 0) is 36.4 Å². The summed E-state index contributed by atoms with van der Waals surface area (Å²) in [6, 6.07) is 7.93. The number of methoxy groups -OCH3 is 1. The maximum absolute atomic E-state index is 12.5. The molecule has 0 atom stereocenters. The highest BCUT2D eigenvalue weighted by atomic mass is 32.2. The molecule has 3 rings (SSSR count). The van der Waals surface area contributed by atoms with Gasteiger partial charge in [0.05, 0.1) is 12.0 Å². The third kappa shape index (κ3) is 4.59. The van der Waals surface area contributed by atoms with Crippen LogP contribution in [0.4, 0.5) is 13.2 Å². The summed E-state index contributed by atoms with van der Waals surface area (Å²) < 4.78 is 71.3. The van der Waals surface area contributed by atoms with Gasteiger partial charge >= 0.3 is 12.1 Å². The number of ether oxygens (including phenoxy) is 1. The summed E-state index contributed by atoms with van der Waals surface area (Å²) in [5.74, 6) is -3.03.